The number of ether oxygens (including phenoxy) is 6. The molecule has 2 aliphatic rings. The first kappa shape index (κ1) is 62.6. The molecule has 2 heterocycles. The molecule has 68 heavy (non-hydrogen) atoms. The van der Waals surface area contributed by atoms with Gasteiger partial charge in [-0.3, -0.25) is 4.79 Å². The molecule has 0 aromatic carbocycles. The van der Waals surface area contributed by atoms with Crippen molar-refractivity contribution in [2.45, 2.75) is 280 Å². The van der Waals surface area contributed by atoms with Gasteiger partial charge in [-0.15, -0.1) is 0 Å². The van der Waals surface area contributed by atoms with Gasteiger partial charge in [0.05, 0.1) is 26.4 Å². The molecule has 7 N–H and O–H groups in total. The fourth-order valence-corrected chi connectivity index (χ4v) is 8.73. The molecule has 0 bridgehead atoms. The van der Waals surface area contributed by atoms with Gasteiger partial charge in [-0.2, -0.15) is 0 Å². The van der Waals surface area contributed by atoms with Crippen LogP contribution in [-0.2, 0) is 33.2 Å². The van der Waals surface area contributed by atoms with Crippen molar-refractivity contribution in [1.29, 1.82) is 0 Å². The van der Waals surface area contributed by atoms with Crippen LogP contribution in [0.5, 0.6) is 0 Å². The molecule has 11 atom stereocenters. The normalized spacial score (nSPS) is 26.0. The minimum atomic E-state index is -1.70. The zero-order valence-electron chi connectivity index (χ0n) is 42.6. The Morgan fingerprint density at radius 1 is 0.485 bits per heavy atom. The molecule has 0 amide bonds. The molecule has 2 fully saturated rings. The van der Waals surface area contributed by atoms with Gasteiger partial charge in [0.15, 0.2) is 12.6 Å². The van der Waals surface area contributed by atoms with E-state index in [0.29, 0.717) is 13.0 Å². The second-order valence-corrected chi connectivity index (χ2v) is 19.4. The van der Waals surface area contributed by atoms with Gasteiger partial charge in [0, 0.05) is 13.0 Å². The third-order valence-corrected chi connectivity index (χ3v) is 13.2. The smallest absolute Gasteiger partial charge is 0.306 e. The summed E-state index contributed by atoms with van der Waals surface area (Å²) in [5.41, 5.74) is 0. The zero-order valence-corrected chi connectivity index (χ0v) is 42.6. The molecule has 0 aliphatic carbocycles. The Bertz CT molecular complexity index is 1220. The average molecular weight is 973 g/mol. The average Bonchev–Trinajstić information content (AvgIpc) is 3.33. The standard InChI is InChI=1S/C54H100O14/c1-3-5-7-9-11-13-15-16-17-18-19-20-21-22-23-24-25-26-27-29-31-33-35-37-46(56)66-43(40-63-38-36-34-32-30-28-14-12-10-8-6-4-2)41-64-53-52(62)50(60)48(58)45(68-53)42-65-54-51(61)49(59)47(57)44(39-55)67-54/h15-16,18-19,43-45,47-55,57-62H,3-14,17,20-42H2,1-2H3/b16-15-,19-18-. The predicted octanol–water partition coefficient (Wildman–Crippen LogP) is 8.80. The van der Waals surface area contributed by atoms with Crippen molar-refractivity contribution in [1.82, 2.24) is 0 Å². The first-order chi connectivity index (χ1) is 33.1. The van der Waals surface area contributed by atoms with Crippen LogP contribution >= 0.6 is 0 Å². The van der Waals surface area contributed by atoms with Gasteiger partial charge in [-0.25, -0.2) is 0 Å². The third kappa shape index (κ3) is 29.1. The van der Waals surface area contributed by atoms with Crippen LogP contribution in [0.15, 0.2) is 24.3 Å². The van der Waals surface area contributed by atoms with Crippen LogP contribution in [0.1, 0.15) is 213 Å². The molecule has 0 aromatic heterocycles. The Labute approximate surface area is 411 Å². The number of esters is 1. The van der Waals surface area contributed by atoms with Crippen molar-refractivity contribution < 1.29 is 69.0 Å². The Balaban J connectivity index is 1.70. The van der Waals surface area contributed by atoms with Gasteiger partial charge in [-0.1, -0.05) is 186 Å². The third-order valence-electron chi connectivity index (χ3n) is 13.2. The van der Waals surface area contributed by atoms with Gasteiger partial charge >= 0.3 is 5.97 Å². The van der Waals surface area contributed by atoms with E-state index in [2.05, 4.69) is 38.2 Å². The summed E-state index contributed by atoms with van der Waals surface area (Å²) in [5.74, 6) is -0.376. The lowest BCUT2D eigenvalue weighted by atomic mass is 9.98. The van der Waals surface area contributed by atoms with E-state index in [-0.39, 0.29) is 25.6 Å². The minimum Gasteiger partial charge on any atom is -0.457 e. The van der Waals surface area contributed by atoms with Gasteiger partial charge < -0.3 is 64.2 Å². The van der Waals surface area contributed by atoms with Crippen molar-refractivity contribution in [3.05, 3.63) is 24.3 Å². The summed E-state index contributed by atoms with van der Waals surface area (Å²) >= 11 is 0. The summed E-state index contributed by atoms with van der Waals surface area (Å²) in [6, 6.07) is 0. The first-order valence-corrected chi connectivity index (χ1v) is 27.4. The SMILES string of the molecule is CCCCCCC/C=C\C/C=C\CCCCCCCCCCCCCC(=O)OC(COCCCCCCCCCCCCC)COC1OC(COC2OC(CO)C(O)C(O)C2O)C(O)C(O)C1O. The topological polar surface area (TPSA) is 214 Å². The van der Waals surface area contributed by atoms with Crippen LogP contribution < -0.4 is 0 Å². The van der Waals surface area contributed by atoms with Gasteiger partial charge in [-0.05, 0) is 44.9 Å². The van der Waals surface area contributed by atoms with Crippen molar-refractivity contribution in [2.24, 2.45) is 0 Å². The number of hydrogen-bond donors (Lipinski definition) is 7. The van der Waals surface area contributed by atoms with Crippen molar-refractivity contribution in [2.75, 3.05) is 33.0 Å². The summed E-state index contributed by atoms with van der Waals surface area (Å²) in [5, 5.41) is 72.1. The first-order valence-electron chi connectivity index (χ1n) is 27.4. The highest BCUT2D eigenvalue weighted by Crippen LogP contribution is 2.26. The molecule has 2 rings (SSSR count). The molecule has 2 aliphatic heterocycles. The van der Waals surface area contributed by atoms with Crippen LogP contribution in [0.2, 0.25) is 0 Å². The van der Waals surface area contributed by atoms with E-state index in [1.54, 1.807) is 0 Å². The molecular weight excluding hydrogens is 873 g/mol. The largest absolute Gasteiger partial charge is 0.457 e. The summed E-state index contributed by atoms with van der Waals surface area (Å²) < 4.78 is 34.3. The Hall–Kier alpha value is -1.53. The quantitative estimate of drug-likeness (QED) is 0.0173. The van der Waals surface area contributed by atoms with E-state index in [1.165, 1.54) is 141 Å². The highest BCUT2D eigenvalue weighted by molar-refractivity contribution is 5.69. The van der Waals surface area contributed by atoms with Crippen LogP contribution in [-0.4, -0.2) is 142 Å². The summed E-state index contributed by atoms with van der Waals surface area (Å²) in [6.07, 6.45) is 29.6. The van der Waals surface area contributed by atoms with E-state index < -0.39 is 80.7 Å². The molecular formula is C54H100O14. The van der Waals surface area contributed by atoms with Gasteiger partial charge in [0.25, 0.3) is 0 Å². The minimum absolute atomic E-state index is 0.0649. The molecule has 400 valence electrons. The predicted molar refractivity (Wildman–Crippen MR) is 266 cm³/mol. The molecule has 0 spiro atoms. The highest BCUT2D eigenvalue weighted by Gasteiger charge is 2.47. The second kappa shape index (κ2) is 42.0. The summed E-state index contributed by atoms with van der Waals surface area (Å²) in [4.78, 5) is 13.0. The maximum absolute atomic E-state index is 13.0. The van der Waals surface area contributed by atoms with E-state index in [0.717, 1.165) is 44.9 Å². The summed E-state index contributed by atoms with van der Waals surface area (Å²) in [7, 11) is 0. The Morgan fingerprint density at radius 3 is 1.41 bits per heavy atom. The van der Waals surface area contributed by atoms with Crippen LogP contribution in [0.3, 0.4) is 0 Å². The zero-order chi connectivity index (χ0) is 49.5. The number of carbonyl (C=O) groups excluding carboxylic acids is 1. The maximum atomic E-state index is 13.0. The van der Waals surface area contributed by atoms with E-state index >= 15 is 0 Å². The lowest BCUT2D eigenvalue weighted by molar-refractivity contribution is -0.332. The summed E-state index contributed by atoms with van der Waals surface area (Å²) in [6.45, 7) is 3.69. The maximum Gasteiger partial charge on any atom is 0.306 e. The van der Waals surface area contributed by atoms with E-state index in [9.17, 15) is 40.5 Å². The monoisotopic (exact) mass is 973 g/mol. The number of carbonyl (C=O) groups is 1. The number of allylic oxidation sites excluding steroid dienone is 4. The van der Waals surface area contributed by atoms with Gasteiger partial charge in [0.1, 0.15) is 54.9 Å². The molecule has 2 saturated heterocycles. The second-order valence-electron chi connectivity index (χ2n) is 19.4. The molecule has 0 saturated carbocycles. The highest BCUT2D eigenvalue weighted by atomic mass is 16.7. The number of unbranched alkanes of at least 4 members (excludes halogenated alkanes) is 26. The Kier molecular flexibility index (Phi) is 38.7. The van der Waals surface area contributed by atoms with E-state index in [4.69, 9.17) is 28.4 Å². The lowest BCUT2D eigenvalue weighted by Gasteiger charge is -2.42. The molecule has 0 aromatic rings. The Morgan fingerprint density at radius 2 is 0.912 bits per heavy atom. The number of aliphatic hydroxyl groups excluding tert-OH is 7. The van der Waals surface area contributed by atoms with Crippen molar-refractivity contribution in [3.8, 4) is 0 Å². The fraction of sp³-hybridized carbons (Fsp3) is 0.907. The number of aliphatic hydroxyl groups is 7. The molecule has 0 radical (unpaired) electrons. The lowest BCUT2D eigenvalue weighted by Crippen LogP contribution is -2.61. The van der Waals surface area contributed by atoms with Crippen molar-refractivity contribution >= 4 is 5.97 Å². The van der Waals surface area contributed by atoms with Crippen LogP contribution in [0.4, 0.5) is 0 Å². The van der Waals surface area contributed by atoms with Crippen molar-refractivity contribution in [3.63, 3.8) is 0 Å². The molecule has 11 unspecified atom stereocenters. The molecule has 14 nitrogen and oxygen atoms in total. The van der Waals surface area contributed by atoms with Crippen LogP contribution in [0.25, 0.3) is 0 Å². The fourth-order valence-electron chi connectivity index (χ4n) is 8.73. The van der Waals surface area contributed by atoms with Crippen LogP contribution in [0, 0.1) is 0 Å². The number of hydrogen-bond acceptors (Lipinski definition) is 14. The van der Waals surface area contributed by atoms with Gasteiger partial charge in [0.2, 0.25) is 0 Å². The van der Waals surface area contributed by atoms with E-state index in [1.807, 2.05) is 0 Å². The molecule has 14 heteroatoms. The number of rotatable bonds is 44.